The van der Waals surface area contributed by atoms with E-state index in [0.29, 0.717) is 25.0 Å². The highest BCUT2D eigenvalue weighted by atomic mass is 16.6. The Balaban J connectivity index is 1.64. The average molecular weight is 408 g/mol. The number of cyclic esters (lactones) is 1. The van der Waals surface area contributed by atoms with Crippen LogP contribution in [-0.2, 0) is 23.8 Å². The van der Waals surface area contributed by atoms with Crippen LogP contribution in [0.15, 0.2) is 11.6 Å². The number of fused-ring (bicyclic) bond motifs is 1. The van der Waals surface area contributed by atoms with Crippen molar-refractivity contribution < 1.29 is 34.0 Å². The molecule has 2 saturated carbocycles. The first-order chi connectivity index (χ1) is 13.7. The number of allylic oxidation sites excluding steroid dienone is 1. The number of rotatable bonds is 4. The van der Waals surface area contributed by atoms with Gasteiger partial charge in [-0.1, -0.05) is 19.9 Å². The lowest BCUT2D eigenvalue weighted by Gasteiger charge is -2.61. The molecule has 2 heterocycles. The molecule has 0 aromatic rings. The van der Waals surface area contributed by atoms with Gasteiger partial charge in [0.05, 0.1) is 24.4 Å². The first-order valence-corrected chi connectivity index (χ1v) is 10.6. The maximum atomic E-state index is 11.9. The Hall–Kier alpha value is -1.44. The minimum Gasteiger partial charge on any atom is -0.462 e. The molecule has 0 aromatic carbocycles. The van der Waals surface area contributed by atoms with Gasteiger partial charge in [0.1, 0.15) is 18.8 Å². The molecule has 0 bridgehead atoms. The van der Waals surface area contributed by atoms with E-state index in [-0.39, 0.29) is 48.1 Å². The summed E-state index contributed by atoms with van der Waals surface area (Å²) in [4.78, 5) is 23.6. The van der Waals surface area contributed by atoms with E-state index in [1.165, 1.54) is 6.92 Å². The molecule has 2 aliphatic heterocycles. The number of aliphatic hydroxyl groups is 2. The highest BCUT2D eigenvalue weighted by Crippen LogP contribution is 2.66. The van der Waals surface area contributed by atoms with Gasteiger partial charge in [-0.05, 0) is 49.4 Å². The molecular formula is C22H32O7. The zero-order valence-corrected chi connectivity index (χ0v) is 17.5. The zero-order valence-electron chi connectivity index (χ0n) is 17.5. The quantitative estimate of drug-likeness (QED) is 0.415. The third kappa shape index (κ3) is 3.22. The number of carbonyl (C=O) groups excluding carboxylic acids is 2. The van der Waals surface area contributed by atoms with E-state index < -0.39 is 17.5 Å². The fourth-order valence-corrected chi connectivity index (χ4v) is 6.62. The Labute approximate surface area is 171 Å². The summed E-state index contributed by atoms with van der Waals surface area (Å²) >= 11 is 0. The molecular weight excluding hydrogens is 376 g/mol. The largest absolute Gasteiger partial charge is 0.462 e. The van der Waals surface area contributed by atoms with Crippen LogP contribution >= 0.6 is 0 Å². The molecule has 4 fully saturated rings. The van der Waals surface area contributed by atoms with Crippen molar-refractivity contribution in [2.45, 2.75) is 70.7 Å². The van der Waals surface area contributed by atoms with Crippen LogP contribution in [0.1, 0.15) is 52.9 Å². The van der Waals surface area contributed by atoms with Crippen molar-refractivity contribution in [2.75, 3.05) is 19.8 Å². The molecule has 2 saturated heterocycles. The van der Waals surface area contributed by atoms with E-state index in [1.54, 1.807) is 0 Å². The standard InChI is InChI=1S/C22H32O7/c1-13(24)29-18-7-8-20(2)16(21(18,3)11-23)6-9-22(12-28-22)17(20)5-4-14-15(25)10-27-19(14)26/h4,15-18,23,25H,5-12H2,1-3H3/t15-,16?,17?,18-,20+,21+,22+/m1/s1. The van der Waals surface area contributed by atoms with Gasteiger partial charge < -0.3 is 24.4 Å². The maximum absolute atomic E-state index is 11.9. The summed E-state index contributed by atoms with van der Waals surface area (Å²) in [7, 11) is 0. The number of epoxide rings is 1. The number of esters is 2. The van der Waals surface area contributed by atoms with Crippen LogP contribution in [0.3, 0.4) is 0 Å². The molecule has 162 valence electrons. The summed E-state index contributed by atoms with van der Waals surface area (Å²) < 4.78 is 16.5. The molecule has 0 aromatic heterocycles. The van der Waals surface area contributed by atoms with Crippen molar-refractivity contribution in [3.8, 4) is 0 Å². The minimum absolute atomic E-state index is 0.0174. The van der Waals surface area contributed by atoms with E-state index >= 15 is 0 Å². The molecule has 4 rings (SSSR count). The van der Waals surface area contributed by atoms with Crippen LogP contribution in [0.25, 0.3) is 0 Å². The van der Waals surface area contributed by atoms with Gasteiger partial charge in [-0.3, -0.25) is 4.79 Å². The third-order valence-corrected chi connectivity index (χ3v) is 8.26. The lowest BCUT2D eigenvalue weighted by Crippen LogP contribution is -2.61. The Kier molecular flexibility index (Phi) is 5.07. The van der Waals surface area contributed by atoms with Gasteiger partial charge in [-0.15, -0.1) is 0 Å². The van der Waals surface area contributed by atoms with E-state index in [1.807, 2.05) is 13.0 Å². The van der Waals surface area contributed by atoms with Gasteiger partial charge in [0, 0.05) is 12.3 Å². The van der Waals surface area contributed by atoms with E-state index in [2.05, 4.69) is 6.92 Å². The predicted molar refractivity (Wildman–Crippen MR) is 103 cm³/mol. The first kappa shape index (κ1) is 20.8. The fourth-order valence-electron chi connectivity index (χ4n) is 6.62. The second-order valence-corrected chi connectivity index (χ2v) is 9.81. The van der Waals surface area contributed by atoms with Crippen LogP contribution in [0.5, 0.6) is 0 Å². The molecule has 0 amide bonds. The van der Waals surface area contributed by atoms with Crippen molar-refractivity contribution in [2.24, 2.45) is 22.7 Å². The first-order valence-electron chi connectivity index (χ1n) is 10.6. The van der Waals surface area contributed by atoms with Crippen molar-refractivity contribution in [1.29, 1.82) is 0 Å². The molecule has 2 aliphatic carbocycles. The van der Waals surface area contributed by atoms with Gasteiger partial charge in [0.2, 0.25) is 0 Å². The predicted octanol–water partition coefficient (Wildman–Crippen LogP) is 1.75. The molecule has 7 atom stereocenters. The molecule has 2 N–H and O–H groups in total. The lowest BCUT2D eigenvalue weighted by molar-refractivity contribution is -0.196. The molecule has 0 radical (unpaired) electrons. The van der Waals surface area contributed by atoms with E-state index in [9.17, 15) is 19.8 Å². The van der Waals surface area contributed by atoms with Gasteiger partial charge in [0.15, 0.2) is 0 Å². The van der Waals surface area contributed by atoms with E-state index in [0.717, 1.165) is 19.3 Å². The molecule has 29 heavy (non-hydrogen) atoms. The second kappa shape index (κ2) is 7.06. The molecule has 1 spiro atoms. The van der Waals surface area contributed by atoms with Crippen molar-refractivity contribution in [3.05, 3.63) is 11.6 Å². The summed E-state index contributed by atoms with van der Waals surface area (Å²) in [5.41, 5.74) is -0.509. The van der Waals surface area contributed by atoms with E-state index in [4.69, 9.17) is 14.2 Å². The van der Waals surface area contributed by atoms with Crippen LogP contribution < -0.4 is 0 Å². The lowest BCUT2D eigenvalue weighted by atomic mass is 9.45. The SMILES string of the molecule is CC(=O)O[C@@H]1CC[C@]2(C)C(CC=C3C(=O)OC[C@H]3O)[C@]3(CCC2[C@]1(C)CO)CO3. The van der Waals surface area contributed by atoms with Crippen molar-refractivity contribution in [1.82, 2.24) is 0 Å². The number of hydrogen-bond donors (Lipinski definition) is 2. The zero-order chi connectivity index (χ0) is 21.0. The van der Waals surface area contributed by atoms with Crippen LogP contribution in [0, 0.1) is 22.7 Å². The summed E-state index contributed by atoms with van der Waals surface area (Å²) in [5, 5.41) is 20.4. The third-order valence-electron chi connectivity index (χ3n) is 8.26. The minimum atomic E-state index is -0.867. The highest BCUT2D eigenvalue weighted by Gasteiger charge is 2.67. The summed E-state index contributed by atoms with van der Waals surface area (Å²) in [6.45, 7) is 6.38. The Morgan fingerprint density at radius 3 is 2.59 bits per heavy atom. The highest BCUT2D eigenvalue weighted by molar-refractivity contribution is 5.91. The monoisotopic (exact) mass is 408 g/mol. The summed E-state index contributed by atoms with van der Waals surface area (Å²) in [6.07, 6.45) is 4.62. The Morgan fingerprint density at radius 1 is 1.31 bits per heavy atom. The summed E-state index contributed by atoms with van der Waals surface area (Å²) in [6, 6.07) is 0. The van der Waals surface area contributed by atoms with Crippen molar-refractivity contribution in [3.63, 3.8) is 0 Å². The summed E-state index contributed by atoms with van der Waals surface area (Å²) in [5.74, 6) is -0.437. The van der Waals surface area contributed by atoms with Crippen molar-refractivity contribution >= 4 is 11.9 Å². The van der Waals surface area contributed by atoms with Crippen LogP contribution in [0.4, 0.5) is 0 Å². The Bertz CT molecular complexity index is 727. The Morgan fingerprint density at radius 2 is 2.03 bits per heavy atom. The number of carbonyl (C=O) groups is 2. The topological polar surface area (TPSA) is 106 Å². The normalized spacial score (nSPS) is 47.8. The number of ether oxygens (including phenoxy) is 3. The average Bonchev–Trinajstić information content (AvgIpc) is 3.36. The molecule has 7 nitrogen and oxygen atoms in total. The number of hydrogen-bond acceptors (Lipinski definition) is 7. The van der Waals surface area contributed by atoms with Crippen LogP contribution in [-0.4, -0.2) is 59.8 Å². The second-order valence-electron chi connectivity index (χ2n) is 9.81. The van der Waals surface area contributed by atoms with Gasteiger partial charge >= 0.3 is 11.9 Å². The smallest absolute Gasteiger partial charge is 0.336 e. The molecule has 2 unspecified atom stereocenters. The van der Waals surface area contributed by atoms with Crippen LogP contribution in [0.2, 0.25) is 0 Å². The molecule has 7 heteroatoms. The molecule has 4 aliphatic rings. The fraction of sp³-hybridized carbons (Fsp3) is 0.818. The van der Waals surface area contributed by atoms with Gasteiger partial charge in [-0.25, -0.2) is 4.79 Å². The van der Waals surface area contributed by atoms with Gasteiger partial charge in [0.25, 0.3) is 0 Å². The van der Waals surface area contributed by atoms with Gasteiger partial charge in [-0.2, -0.15) is 0 Å². The maximum Gasteiger partial charge on any atom is 0.336 e. The number of aliphatic hydroxyl groups excluding tert-OH is 2.